The standard InChI is InChI=1S/C58H56N8O10S2/c1-72-44-21-9-38(10-22-44)33-64(34-39-11-23-45(73-2)24-12-39)52(67)32-20-43-19-31-49(50-7-6-8-51-54(50)59-57(77-51)60-58(68)69)53(56-61-62-63-66(56)37-42-17-29-48(76-5)30-18-42)55(43)78(70,71)65(35-40-13-25-46(74-3)26-14-40)36-41-15-27-47(75-4)28-16-41/h6-19,21-31H,20,32-37H2,1-5H3,(H,59,60)(H,68,69). The van der Waals surface area contributed by atoms with Crippen LogP contribution in [0.1, 0.15) is 39.8 Å². The van der Waals surface area contributed by atoms with Gasteiger partial charge >= 0.3 is 6.09 Å². The summed E-state index contributed by atoms with van der Waals surface area (Å²) >= 11 is 1.13. The number of benzene rings is 7. The van der Waals surface area contributed by atoms with Gasteiger partial charge in [-0.05, 0) is 123 Å². The Hall–Kier alpha value is -8.85. The number of sulfonamides is 1. The van der Waals surface area contributed by atoms with Crippen molar-refractivity contribution in [1.82, 2.24) is 34.4 Å². The molecule has 0 atom stereocenters. The average molecular weight is 1090 g/mol. The third-order valence-corrected chi connectivity index (χ3v) is 15.9. The lowest BCUT2D eigenvalue weighted by Crippen LogP contribution is -2.32. The molecule has 2 aromatic heterocycles. The fraction of sp³-hybridized carbons (Fsp3) is 0.207. The van der Waals surface area contributed by atoms with Crippen LogP contribution in [0.25, 0.3) is 32.7 Å². The second-order valence-electron chi connectivity index (χ2n) is 18.0. The summed E-state index contributed by atoms with van der Waals surface area (Å²) in [6.45, 7) is 0.451. The number of nitrogens with one attached hydrogen (secondary N) is 1. The van der Waals surface area contributed by atoms with E-state index in [4.69, 9.17) is 28.7 Å². The number of hydrogen-bond donors (Lipinski definition) is 2. The van der Waals surface area contributed by atoms with E-state index in [1.807, 2.05) is 103 Å². The summed E-state index contributed by atoms with van der Waals surface area (Å²) in [5.41, 5.74) is 5.61. The van der Waals surface area contributed by atoms with Crippen LogP contribution in [0, 0.1) is 0 Å². The maximum absolute atomic E-state index is 16.6. The zero-order valence-electron chi connectivity index (χ0n) is 43.5. The van der Waals surface area contributed by atoms with E-state index < -0.39 is 16.1 Å². The SMILES string of the molecule is COc1ccc(CN(Cc2ccc(OC)cc2)C(=O)CCc2ccc(-c3cccc4sc(NC(=O)O)nc34)c(-c3nnnn3Cc3ccc(OC)cc3)c2S(=O)(=O)N(Cc2ccc(OC)cc2)Cc2ccc(OC)cc2)cc1. The lowest BCUT2D eigenvalue weighted by Gasteiger charge is -2.27. The van der Waals surface area contributed by atoms with E-state index in [0.717, 1.165) is 28.0 Å². The Morgan fingerprint density at radius 1 is 0.603 bits per heavy atom. The van der Waals surface area contributed by atoms with E-state index in [0.29, 0.717) is 66.8 Å². The van der Waals surface area contributed by atoms with Gasteiger partial charge in [-0.25, -0.2) is 22.9 Å². The molecule has 0 aliphatic carbocycles. The topological polar surface area (TPSA) is 210 Å². The molecular weight excluding hydrogens is 1030 g/mol. The van der Waals surface area contributed by atoms with Crippen LogP contribution >= 0.6 is 11.3 Å². The molecule has 0 radical (unpaired) electrons. The fourth-order valence-electron chi connectivity index (χ4n) is 9.03. The lowest BCUT2D eigenvalue weighted by atomic mass is 9.94. The van der Waals surface area contributed by atoms with Crippen LogP contribution in [0.5, 0.6) is 28.7 Å². The highest BCUT2D eigenvalue weighted by Gasteiger charge is 2.35. The summed E-state index contributed by atoms with van der Waals surface area (Å²) in [6.07, 6.45) is -1.43. The molecule has 2 heterocycles. The number of anilines is 1. The number of methoxy groups -OCH3 is 5. The first kappa shape index (κ1) is 54.0. The first-order valence-electron chi connectivity index (χ1n) is 24.6. The van der Waals surface area contributed by atoms with Crippen molar-refractivity contribution in [2.75, 3.05) is 40.9 Å². The fourth-order valence-corrected chi connectivity index (χ4v) is 11.8. The minimum Gasteiger partial charge on any atom is -0.497 e. The Kier molecular flexibility index (Phi) is 16.9. The van der Waals surface area contributed by atoms with Crippen LogP contribution in [0.4, 0.5) is 9.93 Å². The van der Waals surface area contributed by atoms with Gasteiger partial charge in [0.25, 0.3) is 0 Å². The zero-order chi connectivity index (χ0) is 54.8. The molecule has 0 aliphatic heterocycles. The number of para-hydroxylation sites is 1. The number of fused-ring (bicyclic) bond motifs is 1. The largest absolute Gasteiger partial charge is 0.497 e. The van der Waals surface area contributed by atoms with Gasteiger partial charge in [0.1, 0.15) is 28.7 Å². The van der Waals surface area contributed by atoms with Crippen molar-refractivity contribution in [3.63, 3.8) is 0 Å². The number of ether oxygens (including phenoxy) is 5. The molecule has 9 aromatic rings. The number of tetrazole rings is 1. The minimum absolute atomic E-state index is 0.0328. The molecule has 9 rings (SSSR count). The molecule has 2 amide bonds. The van der Waals surface area contributed by atoms with Gasteiger partial charge in [0.2, 0.25) is 15.9 Å². The van der Waals surface area contributed by atoms with Crippen molar-refractivity contribution in [2.24, 2.45) is 0 Å². The minimum atomic E-state index is -4.70. The quantitative estimate of drug-likeness (QED) is 0.0611. The number of aromatic nitrogens is 5. The monoisotopic (exact) mass is 1090 g/mol. The molecule has 78 heavy (non-hydrogen) atoms. The molecule has 0 saturated heterocycles. The van der Waals surface area contributed by atoms with E-state index in [-0.39, 0.29) is 72.9 Å². The highest BCUT2D eigenvalue weighted by Crippen LogP contribution is 2.44. The first-order valence-corrected chi connectivity index (χ1v) is 26.9. The van der Waals surface area contributed by atoms with Gasteiger partial charge in [0.15, 0.2) is 11.0 Å². The predicted octanol–water partition coefficient (Wildman–Crippen LogP) is 10.4. The number of rotatable bonds is 23. The number of carbonyl (C=O) groups is 2. The molecule has 0 spiro atoms. The van der Waals surface area contributed by atoms with E-state index in [1.165, 1.54) is 8.99 Å². The van der Waals surface area contributed by atoms with E-state index in [1.54, 1.807) is 89.0 Å². The summed E-state index contributed by atoms with van der Waals surface area (Å²) in [6, 6.07) is 45.6. The van der Waals surface area contributed by atoms with Crippen molar-refractivity contribution < 1.29 is 46.8 Å². The molecule has 0 bridgehead atoms. The third kappa shape index (κ3) is 12.5. The number of nitrogens with zero attached hydrogens (tertiary/aromatic N) is 7. The number of hydrogen-bond acceptors (Lipinski definition) is 14. The third-order valence-electron chi connectivity index (χ3n) is 13.1. The summed E-state index contributed by atoms with van der Waals surface area (Å²) in [4.78, 5) is 33.2. The highest BCUT2D eigenvalue weighted by atomic mass is 32.2. The summed E-state index contributed by atoms with van der Waals surface area (Å²) in [5.74, 6) is 3.05. The van der Waals surface area contributed by atoms with Crippen LogP contribution in [0.3, 0.4) is 0 Å². The van der Waals surface area contributed by atoms with Crippen LogP contribution in [0.2, 0.25) is 0 Å². The lowest BCUT2D eigenvalue weighted by molar-refractivity contribution is -0.132. The first-order chi connectivity index (χ1) is 37.8. The maximum atomic E-state index is 16.6. The number of carboxylic acid groups (broad SMARTS) is 1. The van der Waals surface area contributed by atoms with Gasteiger partial charge < -0.3 is 33.7 Å². The van der Waals surface area contributed by atoms with Crippen LogP contribution in [-0.4, -0.2) is 95.5 Å². The van der Waals surface area contributed by atoms with Crippen molar-refractivity contribution >= 4 is 48.7 Å². The Bertz CT molecular complexity index is 3530. The van der Waals surface area contributed by atoms with E-state index >= 15 is 8.42 Å². The molecule has 0 aliphatic rings. The average Bonchev–Trinajstić information content (AvgIpc) is 4.26. The second kappa shape index (κ2) is 24.4. The number of amides is 2. The van der Waals surface area contributed by atoms with Gasteiger partial charge in [-0.3, -0.25) is 10.1 Å². The number of thiazole rings is 1. The zero-order valence-corrected chi connectivity index (χ0v) is 45.1. The molecule has 18 nitrogen and oxygen atoms in total. The van der Waals surface area contributed by atoms with Crippen LogP contribution < -0.4 is 29.0 Å². The summed E-state index contributed by atoms with van der Waals surface area (Å²) in [7, 11) is 3.18. The molecule has 7 aromatic carbocycles. The summed E-state index contributed by atoms with van der Waals surface area (Å²) in [5, 5.41) is 25.4. The van der Waals surface area contributed by atoms with Crippen LogP contribution in [-0.2, 0) is 54.0 Å². The molecule has 0 fully saturated rings. The van der Waals surface area contributed by atoms with Crippen molar-refractivity contribution in [2.45, 2.75) is 50.5 Å². The van der Waals surface area contributed by atoms with Gasteiger partial charge in [-0.15, -0.1) is 5.10 Å². The Labute approximate surface area is 455 Å². The normalized spacial score (nSPS) is 11.4. The van der Waals surface area contributed by atoms with Gasteiger partial charge in [0.05, 0.1) is 57.2 Å². The Morgan fingerprint density at radius 2 is 1.08 bits per heavy atom. The van der Waals surface area contributed by atoms with Gasteiger partial charge in [-0.1, -0.05) is 96.3 Å². The molecule has 0 unspecified atom stereocenters. The molecule has 400 valence electrons. The van der Waals surface area contributed by atoms with Gasteiger partial charge in [-0.2, -0.15) is 4.31 Å². The summed E-state index contributed by atoms with van der Waals surface area (Å²) < 4.78 is 64.0. The smallest absolute Gasteiger partial charge is 0.410 e. The second-order valence-corrected chi connectivity index (χ2v) is 20.9. The highest BCUT2D eigenvalue weighted by molar-refractivity contribution is 7.89. The molecule has 20 heteroatoms. The Balaban J connectivity index is 1.25. The van der Waals surface area contributed by atoms with E-state index in [9.17, 15) is 14.7 Å². The van der Waals surface area contributed by atoms with Crippen LogP contribution in [0.15, 0.2) is 157 Å². The Morgan fingerprint density at radius 3 is 1.55 bits per heavy atom. The van der Waals surface area contributed by atoms with Crippen molar-refractivity contribution in [3.05, 3.63) is 185 Å². The van der Waals surface area contributed by atoms with Gasteiger partial charge in [0, 0.05) is 43.7 Å². The number of carbonyl (C=O) groups excluding carboxylic acids is 1. The molecule has 0 saturated carbocycles. The molecule has 2 N–H and O–H groups in total. The van der Waals surface area contributed by atoms with E-state index in [2.05, 4.69) is 20.8 Å². The molecular formula is C58H56N8O10S2. The van der Waals surface area contributed by atoms with Crippen molar-refractivity contribution in [1.29, 1.82) is 0 Å². The van der Waals surface area contributed by atoms with Crippen molar-refractivity contribution in [3.8, 4) is 51.3 Å². The predicted molar refractivity (Wildman–Crippen MR) is 297 cm³/mol. The maximum Gasteiger partial charge on any atom is 0.410 e. The number of aryl methyl sites for hydroxylation is 1.